The van der Waals surface area contributed by atoms with E-state index in [0.717, 1.165) is 12.8 Å². The van der Waals surface area contributed by atoms with E-state index in [0.29, 0.717) is 19.5 Å². The van der Waals surface area contributed by atoms with Crippen LogP contribution >= 0.6 is 0 Å². The molecule has 1 aromatic heterocycles. The number of amides is 1. The molecule has 0 spiro atoms. The monoisotopic (exact) mass is 282 g/mol. The molecular formula is C14H22N2O4. The molecule has 6 nitrogen and oxygen atoms in total. The maximum Gasteiger partial charge on any atom is 0.292 e. The molecule has 0 bridgehead atoms. The second-order valence-corrected chi connectivity index (χ2v) is 4.44. The Morgan fingerprint density at radius 2 is 2.25 bits per heavy atom. The SMILES string of the molecule is CCCCNC(=O)COc1cccn(CCCO)c1=O. The van der Waals surface area contributed by atoms with Gasteiger partial charge in [0.1, 0.15) is 0 Å². The molecule has 1 rings (SSSR count). The zero-order valence-corrected chi connectivity index (χ0v) is 11.8. The van der Waals surface area contributed by atoms with E-state index in [1.54, 1.807) is 12.3 Å². The summed E-state index contributed by atoms with van der Waals surface area (Å²) >= 11 is 0. The van der Waals surface area contributed by atoms with E-state index in [1.807, 2.05) is 6.92 Å². The number of aliphatic hydroxyl groups is 1. The molecule has 1 amide bonds. The number of rotatable bonds is 9. The second kappa shape index (κ2) is 9.14. The summed E-state index contributed by atoms with van der Waals surface area (Å²) in [5.41, 5.74) is -0.290. The number of unbranched alkanes of at least 4 members (excludes halogenated alkanes) is 1. The van der Waals surface area contributed by atoms with E-state index in [9.17, 15) is 9.59 Å². The topological polar surface area (TPSA) is 80.6 Å². The van der Waals surface area contributed by atoms with Gasteiger partial charge in [-0.3, -0.25) is 9.59 Å². The number of nitrogens with one attached hydrogen (secondary N) is 1. The number of aryl methyl sites for hydroxylation is 1. The molecule has 0 aliphatic carbocycles. The summed E-state index contributed by atoms with van der Waals surface area (Å²) in [6.07, 6.45) is 4.06. The van der Waals surface area contributed by atoms with E-state index >= 15 is 0 Å². The van der Waals surface area contributed by atoms with Crippen molar-refractivity contribution in [1.82, 2.24) is 9.88 Å². The normalized spacial score (nSPS) is 10.3. The highest BCUT2D eigenvalue weighted by molar-refractivity contribution is 5.77. The fourth-order valence-corrected chi connectivity index (χ4v) is 1.64. The zero-order chi connectivity index (χ0) is 14.8. The molecule has 6 heteroatoms. The van der Waals surface area contributed by atoms with Crippen molar-refractivity contribution < 1.29 is 14.6 Å². The summed E-state index contributed by atoms with van der Waals surface area (Å²) in [6.45, 7) is 2.95. The minimum Gasteiger partial charge on any atom is -0.478 e. The van der Waals surface area contributed by atoms with Crippen LogP contribution in [0.5, 0.6) is 5.75 Å². The fourth-order valence-electron chi connectivity index (χ4n) is 1.64. The third kappa shape index (κ3) is 5.44. The molecule has 0 unspecified atom stereocenters. The number of pyridine rings is 1. The Kier molecular flexibility index (Phi) is 7.42. The van der Waals surface area contributed by atoms with Gasteiger partial charge < -0.3 is 19.7 Å². The Labute approximate surface area is 118 Å². The average Bonchev–Trinajstić information content (AvgIpc) is 2.45. The number of hydrogen-bond acceptors (Lipinski definition) is 4. The molecule has 0 fully saturated rings. The van der Waals surface area contributed by atoms with E-state index in [1.165, 1.54) is 10.6 Å². The Hall–Kier alpha value is -1.82. The van der Waals surface area contributed by atoms with Crippen molar-refractivity contribution in [2.75, 3.05) is 19.8 Å². The molecule has 0 saturated heterocycles. The summed E-state index contributed by atoms with van der Waals surface area (Å²) in [6, 6.07) is 3.22. The van der Waals surface area contributed by atoms with Gasteiger partial charge in [-0.15, -0.1) is 0 Å². The minimum atomic E-state index is -0.290. The largest absolute Gasteiger partial charge is 0.478 e. The lowest BCUT2D eigenvalue weighted by Gasteiger charge is -2.09. The van der Waals surface area contributed by atoms with Crippen molar-refractivity contribution >= 4 is 5.91 Å². The number of aliphatic hydroxyl groups excluding tert-OH is 1. The van der Waals surface area contributed by atoms with Gasteiger partial charge in [0.2, 0.25) is 0 Å². The van der Waals surface area contributed by atoms with Crippen molar-refractivity contribution in [3.8, 4) is 5.75 Å². The molecule has 2 N–H and O–H groups in total. The standard InChI is InChI=1S/C14H22N2O4/c1-2-3-7-15-13(18)11-20-12-6-4-8-16(14(12)19)9-5-10-17/h4,6,8,17H,2-3,5,7,9-11H2,1H3,(H,15,18). The van der Waals surface area contributed by atoms with E-state index in [2.05, 4.69) is 5.32 Å². The van der Waals surface area contributed by atoms with Gasteiger partial charge in [-0.05, 0) is 25.0 Å². The van der Waals surface area contributed by atoms with Gasteiger partial charge in [-0.25, -0.2) is 0 Å². The van der Waals surface area contributed by atoms with Crippen LogP contribution in [-0.4, -0.2) is 35.3 Å². The maximum absolute atomic E-state index is 12.0. The van der Waals surface area contributed by atoms with Gasteiger partial charge in [0.15, 0.2) is 12.4 Å². The first-order valence-electron chi connectivity index (χ1n) is 6.88. The number of ether oxygens (including phenoxy) is 1. The van der Waals surface area contributed by atoms with Crippen LogP contribution < -0.4 is 15.6 Å². The Balaban J connectivity index is 2.51. The zero-order valence-electron chi connectivity index (χ0n) is 11.8. The summed E-state index contributed by atoms with van der Waals surface area (Å²) in [7, 11) is 0. The Bertz CT molecular complexity index is 470. The van der Waals surface area contributed by atoms with Crippen LogP contribution in [0.3, 0.4) is 0 Å². The molecule has 0 radical (unpaired) electrons. The molecule has 0 aromatic carbocycles. The van der Waals surface area contributed by atoms with Crippen molar-refractivity contribution in [2.24, 2.45) is 0 Å². The van der Waals surface area contributed by atoms with Gasteiger partial charge in [0, 0.05) is 25.9 Å². The van der Waals surface area contributed by atoms with E-state index in [4.69, 9.17) is 9.84 Å². The third-order valence-electron chi connectivity index (χ3n) is 2.75. The highest BCUT2D eigenvalue weighted by atomic mass is 16.5. The van der Waals surface area contributed by atoms with Crippen LogP contribution in [0.2, 0.25) is 0 Å². The molecule has 0 saturated carbocycles. The minimum absolute atomic E-state index is 0.0252. The summed E-state index contributed by atoms with van der Waals surface area (Å²) < 4.78 is 6.70. The van der Waals surface area contributed by atoms with Crippen molar-refractivity contribution in [3.63, 3.8) is 0 Å². The van der Waals surface area contributed by atoms with Crippen LogP contribution in [0.15, 0.2) is 23.1 Å². The van der Waals surface area contributed by atoms with Gasteiger partial charge in [0.25, 0.3) is 11.5 Å². The number of carbonyl (C=O) groups is 1. The van der Waals surface area contributed by atoms with Crippen LogP contribution in [-0.2, 0) is 11.3 Å². The van der Waals surface area contributed by atoms with Crippen LogP contribution in [0.4, 0.5) is 0 Å². The Morgan fingerprint density at radius 1 is 1.45 bits per heavy atom. The molecule has 0 aliphatic heterocycles. The van der Waals surface area contributed by atoms with Crippen molar-refractivity contribution in [1.29, 1.82) is 0 Å². The number of nitrogens with zero attached hydrogens (tertiary/aromatic N) is 1. The smallest absolute Gasteiger partial charge is 0.292 e. The average molecular weight is 282 g/mol. The highest BCUT2D eigenvalue weighted by Gasteiger charge is 2.07. The predicted molar refractivity (Wildman–Crippen MR) is 75.8 cm³/mol. The van der Waals surface area contributed by atoms with E-state index < -0.39 is 0 Å². The second-order valence-electron chi connectivity index (χ2n) is 4.44. The van der Waals surface area contributed by atoms with Crippen molar-refractivity contribution in [3.05, 3.63) is 28.7 Å². The van der Waals surface area contributed by atoms with Gasteiger partial charge in [-0.1, -0.05) is 13.3 Å². The maximum atomic E-state index is 12.0. The first-order valence-corrected chi connectivity index (χ1v) is 6.88. The van der Waals surface area contributed by atoms with Gasteiger partial charge in [-0.2, -0.15) is 0 Å². The number of aromatic nitrogens is 1. The van der Waals surface area contributed by atoms with Crippen LogP contribution in [0, 0.1) is 0 Å². The molecule has 0 aliphatic rings. The van der Waals surface area contributed by atoms with Crippen LogP contribution in [0.1, 0.15) is 26.2 Å². The third-order valence-corrected chi connectivity index (χ3v) is 2.75. The molecule has 1 heterocycles. The summed E-state index contributed by atoms with van der Waals surface area (Å²) in [4.78, 5) is 23.5. The lowest BCUT2D eigenvalue weighted by Crippen LogP contribution is -2.31. The first-order chi connectivity index (χ1) is 9.69. The lowest BCUT2D eigenvalue weighted by atomic mass is 10.3. The Morgan fingerprint density at radius 3 is 2.95 bits per heavy atom. The highest BCUT2D eigenvalue weighted by Crippen LogP contribution is 2.02. The number of hydrogen-bond donors (Lipinski definition) is 2. The first kappa shape index (κ1) is 16.2. The molecule has 0 atom stereocenters. The van der Waals surface area contributed by atoms with Gasteiger partial charge >= 0.3 is 0 Å². The molecular weight excluding hydrogens is 260 g/mol. The summed E-state index contributed by atoms with van der Waals surface area (Å²) in [5, 5.41) is 11.5. The van der Waals surface area contributed by atoms with Crippen molar-refractivity contribution in [2.45, 2.75) is 32.7 Å². The molecule has 112 valence electrons. The lowest BCUT2D eigenvalue weighted by molar-refractivity contribution is -0.123. The summed E-state index contributed by atoms with van der Waals surface area (Å²) in [5.74, 6) is -0.0836. The van der Waals surface area contributed by atoms with Gasteiger partial charge in [0.05, 0.1) is 0 Å². The molecule has 1 aromatic rings. The molecule has 20 heavy (non-hydrogen) atoms. The quantitative estimate of drug-likeness (QED) is 0.647. The van der Waals surface area contributed by atoms with Crippen LogP contribution in [0.25, 0.3) is 0 Å². The predicted octanol–water partition coefficient (Wildman–Crippen LogP) is 0.526. The van der Waals surface area contributed by atoms with E-state index in [-0.39, 0.29) is 30.4 Å². The fraction of sp³-hybridized carbons (Fsp3) is 0.571. The number of carbonyl (C=O) groups excluding carboxylic acids is 1.